The third-order valence-electron chi connectivity index (χ3n) is 4.32. The molecular weight excluding hydrogens is 236 g/mol. The zero-order chi connectivity index (χ0) is 13.2. The van der Waals surface area contributed by atoms with Crippen LogP contribution in [0.15, 0.2) is 6.07 Å². The zero-order valence-corrected chi connectivity index (χ0v) is 11.2. The molecule has 100 valence electrons. The SMILES string of the molecule is N#Cc1cc2c(nc1N1CCC(CN)C1)CCCC2. The van der Waals surface area contributed by atoms with Crippen LogP contribution in [0.1, 0.15) is 36.1 Å². The highest BCUT2D eigenvalue weighted by atomic mass is 15.2. The first-order valence-electron chi connectivity index (χ1n) is 7.19. The van der Waals surface area contributed by atoms with E-state index in [4.69, 9.17) is 10.7 Å². The van der Waals surface area contributed by atoms with Crippen molar-refractivity contribution >= 4 is 5.82 Å². The molecule has 4 heteroatoms. The second kappa shape index (κ2) is 5.18. The largest absolute Gasteiger partial charge is 0.355 e. The summed E-state index contributed by atoms with van der Waals surface area (Å²) < 4.78 is 0. The zero-order valence-electron chi connectivity index (χ0n) is 11.2. The van der Waals surface area contributed by atoms with Gasteiger partial charge in [-0.1, -0.05) is 0 Å². The highest BCUT2D eigenvalue weighted by molar-refractivity contribution is 5.57. The maximum atomic E-state index is 9.36. The summed E-state index contributed by atoms with van der Waals surface area (Å²) in [5.41, 5.74) is 8.96. The van der Waals surface area contributed by atoms with Crippen LogP contribution in [0.3, 0.4) is 0 Å². The van der Waals surface area contributed by atoms with E-state index >= 15 is 0 Å². The van der Waals surface area contributed by atoms with Crippen molar-refractivity contribution in [1.82, 2.24) is 4.98 Å². The Hall–Kier alpha value is -1.60. The van der Waals surface area contributed by atoms with Crippen LogP contribution in [0, 0.1) is 17.2 Å². The number of aryl methyl sites for hydroxylation is 2. The molecule has 1 aromatic heterocycles. The van der Waals surface area contributed by atoms with E-state index in [1.54, 1.807) is 0 Å². The summed E-state index contributed by atoms with van der Waals surface area (Å²) in [5.74, 6) is 1.43. The number of pyridine rings is 1. The molecule has 0 spiro atoms. The smallest absolute Gasteiger partial charge is 0.146 e. The van der Waals surface area contributed by atoms with Gasteiger partial charge in [-0.3, -0.25) is 0 Å². The lowest BCUT2D eigenvalue weighted by molar-refractivity contribution is 0.602. The lowest BCUT2D eigenvalue weighted by Gasteiger charge is -2.22. The summed E-state index contributed by atoms with van der Waals surface area (Å²) in [6.07, 6.45) is 5.68. The Labute approximate surface area is 114 Å². The first kappa shape index (κ1) is 12.4. The van der Waals surface area contributed by atoms with E-state index in [9.17, 15) is 5.26 Å². The normalized spacial score (nSPS) is 22.1. The quantitative estimate of drug-likeness (QED) is 0.873. The van der Waals surface area contributed by atoms with Gasteiger partial charge in [-0.15, -0.1) is 0 Å². The van der Waals surface area contributed by atoms with E-state index < -0.39 is 0 Å². The molecule has 1 aliphatic carbocycles. The van der Waals surface area contributed by atoms with E-state index in [0.29, 0.717) is 5.92 Å². The lowest BCUT2D eigenvalue weighted by Crippen LogP contribution is -2.25. The van der Waals surface area contributed by atoms with Crippen LogP contribution in [0.2, 0.25) is 0 Å². The predicted molar refractivity (Wildman–Crippen MR) is 75.0 cm³/mol. The molecule has 4 nitrogen and oxygen atoms in total. The van der Waals surface area contributed by atoms with Crippen molar-refractivity contribution in [2.75, 3.05) is 24.5 Å². The van der Waals surface area contributed by atoms with Crippen molar-refractivity contribution < 1.29 is 0 Å². The van der Waals surface area contributed by atoms with Crippen molar-refractivity contribution in [2.24, 2.45) is 11.7 Å². The number of nitrogens with zero attached hydrogens (tertiary/aromatic N) is 3. The third kappa shape index (κ3) is 2.31. The molecule has 2 aliphatic rings. The van der Waals surface area contributed by atoms with Crippen LogP contribution in [0.4, 0.5) is 5.82 Å². The van der Waals surface area contributed by atoms with Crippen molar-refractivity contribution in [1.29, 1.82) is 5.26 Å². The monoisotopic (exact) mass is 256 g/mol. The summed E-state index contributed by atoms with van der Waals surface area (Å²) in [5, 5.41) is 9.36. The molecule has 3 rings (SSSR count). The number of hydrogen-bond acceptors (Lipinski definition) is 4. The Morgan fingerprint density at radius 2 is 2.26 bits per heavy atom. The van der Waals surface area contributed by atoms with Gasteiger partial charge < -0.3 is 10.6 Å². The van der Waals surface area contributed by atoms with Crippen molar-refractivity contribution in [3.8, 4) is 6.07 Å². The average Bonchev–Trinajstić information content (AvgIpc) is 2.94. The minimum absolute atomic E-state index is 0.546. The fourth-order valence-corrected chi connectivity index (χ4v) is 3.16. The van der Waals surface area contributed by atoms with E-state index in [1.807, 2.05) is 0 Å². The fraction of sp³-hybridized carbons (Fsp3) is 0.600. The van der Waals surface area contributed by atoms with Crippen LogP contribution in [0.25, 0.3) is 0 Å². The van der Waals surface area contributed by atoms with Gasteiger partial charge in [0.05, 0.1) is 5.56 Å². The van der Waals surface area contributed by atoms with Crippen LogP contribution in [-0.4, -0.2) is 24.6 Å². The van der Waals surface area contributed by atoms with E-state index in [1.165, 1.54) is 24.1 Å². The summed E-state index contributed by atoms with van der Waals surface area (Å²) in [4.78, 5) is 7.04. The molecule has 1 saturated heterocycles. The number of nitrogens with two attached hydrogens (primary N) is 1. The fourth-order valence-electron chi connectivity index (χ4n) is 3.16. The minimum Gasteiger partial charge on any atom is -0.355 e. The molecule has 0 bridgehead atoms. The number of anilines is 1. The van der Waals surface area contributed by atoms with E-state index in [-0.39, 0.29) is 0 Å². The van der Waals surface area contributed by atoms with Crippen molar-refractivity contribution in [3.63, 3.8) is 0 Å². The molecule has 1 unspecified atom stereocenters. The summed E-state index contributed by atoms with van der Waals surface area (Å²) in [7, 11) is 0. The van der Waals surface area contributed by atoms with Crippen molar-refractivity contribution in [2.45, 2.75) is 32.1 Å². The molecule has 2 heterocycles. The van der Waals surface area contributed by atoms with Crippen LogP contribution in [-0.2, 0) is 12.8 Å². The third-order valence-corrected chi connectivity index (χ3v) is 4.32. The van der Waals surface area contributed by atoms with Gasteiger partial charge in [-0.2, -0.15) is 5.26 Å². The van der Waals surface area contributed by atoms with E-state index in [2.05, 4.69) is 17.0 Å². The Kier molecular flexibility index (Phi) is 3.39. The number of nitriles is 1. The first-order valence-corrected chi connectivity index (χ1v) is 7.19. The van der Waals surface area contributed by atoms with Gasteiger partial charge in [0.2, 0.25) is 0 Å². The highest BCUT2D eigenvalue weighted by Crippen LogP contribution is 2.29. The van der Waals surface area contributed by atoms with Gasteiger partial charge in [0.15, 0.2) is 0 Å². The second-order valence-electron chi connectivity index (χ2n) is 5.62. The molecule has 0 saturated carbocycles. The molecule has 0 radical (unpaired) electrons. The summed E-state index contributed by atoms with van der Waals surface area (Å²) in [6, 6.07) is 4.38. The Morgan fingerprint density at radius 1 is 1.42 bits per heavy atom. The average molecular weight is 256 g/mol. The number of fused-ring (bicyclic) bond motifs is 1. The molecule has 0 aromatic carbocycles. The first-order chi connectivity index (χ1) is 9.31. The highest BCUT2D eigenvalue weighted by Gasteiger charge is 2.25. The molecule has 2 N–H and O–H groups in total. The van der Waals surface area contributed by atoms with E-state index in [0.717, 1.165) is 50.3 Å². The van der Waals surface area contributed by atoms with Crippen LogP contribution in [0.5, 0.6) is 0 Å². The molecule has 1 aliphatic heterocycles. The standard InChI is InChI=1S/C15H20N4/c16-8-11-5-6-19(10-11)15-13(9-17)7-12-3-1-2-4-14(12)18-15/h7,11H,1-6,8,10,16H2. The maximum Gasteiger partial charge on any atom is 0.146 e. The number of hydrogen-bond donors (Lipinski definition) is 1. The van der Waals surface area contributed by atoms with Gasteiger partial charge in [0, 0.05) is 18.8 Å². The topological polar surface area (TPSA) is 65.9 Å². The number of rotatable bonds is 2. The van der Waals surface area contributed by atoms with Gasteiger partial charge in [0.1, 0.15) is 11.9 Å². The minimum atomic E-state index is 0.546. The predicted octanol–water partition coefficient (Wildman–Crippen LogP) is 1.62. The second-order valence-corrected chi connectivity index (χ2v) is 5.62. The Morgan fingerprint density at radius 3 is 3.00 bits per heavy atom. The van der Waals surface area contributed by atoms with Gasteiger partial charge in [-0.05, 0) is 56.2 Å². The molecular formula is C15H20N4. The molecule has 1 fully saturated rings. The lowest BCUT2D eigenvalue weighted by atomic mass is 9.95. The van der Waals surface area contributed by atoms with Gasteiger partial charge in [-0.25, -0.2) is 4.98 Å². The summed E-state index contributed by atoms with van der Waals surface area (Å²) >= 11 is 0. The Bertz CT molecular complexity index is 518. The van der Waals surface area contributed by atoms with Gasteiger partial charge >= 0.3 is 0 Å². The van der Waals surface area contributed by atoms with Crippen molar-refractivity contribution in [3.05, 3.63) is 22.9 Å². The summed E-state index contributed by atoms with van der Waals surface area (Å²) in [6.45, 7) is 2.64. The van der Waals surface area contributed by atoms with Gasteiger partial charge in [0.25, 0.3) is 0 Å². The van der Waals surface area contributed by atoms with Crippen LogP contribution < -0.4 is 10.6 Å². The molecule has 1 aromatic rings. The molecule has 1 atom stereocenters. The molecule has 19 heavy (non-hydrogen) atoms. The van der Waals surface area contributed by atoms with Crippen LogP contribution >= 0.6 is 0 Å². The Balaban J connectivity index is 1.94. The number of aromatic nitrogens is 1. The molecule has 0 amide bonds. The maximum absolute atomic E-state index is 9.36.